The van der Waals surface area contributed by atoms with E-state index in [4.69, 9.17) is 4.98 Å². The summed E-state index contributed by atoms with van der Waals surface area (Å²) in [4.78, 5) is 12.0. The summed E-state index contributed by atoms with van der Waals surface area (Å²) in [5.41, 5.74) is 6.79. The molecule has 0 spiro atoms. The monoisotopic (exact) mass is 525 g/mol. The van der Waals surface area contributed by atoms with Crippen molar-refractivity contribution in [2.75, 3.05) is 49.1 Å². The molecule has 3 saturated carbocycles. The van der Waals surface area contributed by atoms with E-state index in [0.717, 1.165) is 41.0 Å². The van der Waals surface area contributed by atoms with Crippen molar-refractivity contribution in [2.24, 2.45) is 51.8 Å². The van der Waals surface area contributed by atoms with Crippen LogP contribution in [0.2, 0.25) is 0 Å². The molecule has 0 bridgehead atoms. The molecule has 0 radical (unpaired) electrons. The van der Waals surface area contributed by atoms with Crippen LogP contribution >= 0.6 is 11.3 Å². The zero-order valence-electron chi connectivity index (χ0n) is 23.8. The van der Waals surface area contributed by atoms with Crippen molar-refractivity contribution in [3.63, 3.8) is 0 Å². The zero-order chi connectivity index (χ0) is 25.9. The molecule has 1 aromatic carbocycles. The number of piperidine rings is 3. The van der Waals surface area contributed by atoms with Crippen LogP contribution in [-0.4, -0.2) is 44.3 Å². The summed E-state index contributed by atoms with van der Waals surface area (Å²) in [5.74, 6) is 5.14. The van der Waals surface area contributed by atoms with Crippen LogP contribution in [0.4, 0.5) is 11.4 Å². The Balaban J connectivity index is 1.14. The van der Waals surface area contributed by atoms with Gasteiger partial charge in [-0.25, -0.2) is 9.56 Å². The molecule has 198 valence electrons. The van der Waals surface area contributed by atoms with Crippen LogP contribution in [0.15, 0.2) is 30.3 Å². The van der Waals surface area contributed by atoms with E-state index in [1.54, 1.807) is 0 Å². The number of hydrogen-bond donors (Lipinski definition) is 0. The summed E-state index contributed by atoms with van der Waals surface area (Å²) in [6.45, 7) is 22.0. The van der Waals surface area contributed by atoms with Crippen molar-refractivity contribution in [2.45, 2.75) is 41.5 Å². The molecule has 9 rings (SSSR count). The molecule has 1 aromatic rings. The number of hydrogen-bond acceptors (Lipinski definition) is 4. The third kappa shape index (κ3) is 2.87. The number of nitrogens with zero attached hydrogens (tertiary/aromatic N) is 4. The lowest BCUT2D eigenvalue weighted by atomic mass is 10.1. The molecular weight excluding hydrogens is 484 g/mol. The second-order valence-electron chi connectivity index (χ2n) is 15.5. The zero-order valence-corrected chi connectivity index (χ0v) is 24.6. The highest BCUT2D eigenvalue weighted by Crippen LogP contribution is 2.63. The molecule has 0 aromatic heterocycles. The maximum Gasteiger partial charge on any atom is 0.229 e. The average Bonchev–Trinajstić information content (AvgIpc) is 3.48. The summed E-state index contributed by atoms with van der Waals surface area (Å²) in [6, 6.07) is 12.0. The first kappa shape index (κ1) is 22.7. The minimum atomic E-state index is 0.524. The van der Waals surface area contributed by atoms with Gasteiger partial charge in [0.25, 0.3) is 0 Å². The summed E-state index contributed by atoms with van der Waals surface area (Å²) in [6.07, 6.45) is 0. The lowest BCUT2D eigenvalue weighted by molar-refractivity contribution is 0.439. The molecule has 4 nitrogen and oxygen atoms in total. The molecule has 0 N–H and O–H groups in total. The SMILES string of the molecule is CC1(C)C2CN(c3cc4sc5cc(N6CC7C(C6)C7(C)C)ccc5nc-4c(=[N+]4CC5C(C4)C5(C)C)c3)CC21. The van der Waals surface area contributed by atoms with Gasteiger partial charge in [-0.1, -0.05) is 41.5 Å². The Bertz CT molecular complexity index is 1540. The number of fused-ring (bicyclic) bond motifs is 5. The highest BCUT2D eigenvalue weighted by atomic mass is 32.1. The smallest absolute Gasteiger partial charge is 0.229 e. The van der Waals surface area contributed by atoms with E-state index < -0.39 is 0 Å². The Morgan fingerprint density at radius 3 is 1.87 bits per heavy atom. The van der Waals surface area contributed by atoms with Crippen molar-refractivity contribution in [1.29, 1.82) is 0 Å². The molecule has 4 heterocycles. The van der Waals surface area contributed by atoms with E-state index in [9.17, 15) is 0 Å². The summed E-state index contributed by atoms with van der Waals surface area (Å²) in [7, 11) is 0. The third-order valence-electron chi connectivity index (χ3n) is 12.9. The van der Waals surface area contributed by atoms with E-state index in [-0.39, 0.29) is 0 Å². The van der Waals surface area contributed by atoms with Crippen molar-refractivity contribution in [3.05, 3.63) is 35.7 Å². The van der Waals surface area contributed by atoms with E-state index in [1.165, 1.54) is 71.3 Å². The van der Waals surface area contributed by atoms with Crippen molar-refractivity contribution in [1.82, 2.24) is 9.56 Å². The molecule has 4 aliphatic carbocycles. The summed E-state index contributed by atoms with van der Waals surface area (Å²) >= 11 is 1.96. The van der Waals surface area contributed by atoms with Gasteiger partial charge in [0.15, 0.2) is 5.69 Å². The molecule has 6 unspecified atom stereocenters. The van der Waals surface area contributed by atoms with E-state index >= 15 is 0 Å². The standard InChI is InChI=1S/C33H41N4S/c1-31(2)20-12-35(13-21(20)31)18-7-8-26-28(10-18)38-29-11-19(36-14-22-23(15-36)32(22,3)4)9-27(30(29)34-26)37-16-24-25(17-37)33(24,5)6/h7-11,20-25H,12-17H2,1-6H3/q+1. The van der Waals surface area contributed by atoms with Gasteiger partial charge in [-0.05, 0) is 64.2 Å². The van der Waals surface area contributed by atoms with Gasteiger partial charge in [0.05, 0.1) is 15.1 Å². The number of benzene rings is 2. The normalized spacial score (nSPS) is 36.5. The molecular formula is C33H41N4S+. The minimum Gasteiger partial charge on any atom is -0.371 e. The van der Waals surface area contributed by atoms with Gasteiger partial charge in [-0.15, -0.1) is 11.3 Å². The Hall–Kier alpha value is -2.14. The fraction of sp³-hybridized carbons (Fsp3) is 0.636. The summed E-state index contributed by atoms with van der Waals surface area (Å²) < 4.78 is 4.00. The highest BCUT2D eigenvalue weighted by Gasteiger charge is 2.66. The van der Waals surface area contributed by atoms with Gasteiger partial charge in [0, 0.05) is 55.5 Å². The predicted octanol–water partition coefficient (Wildman–Crippen LogP) is 5.64. The van der Waals surface area contributed by atoms with Crippen LogP contribution in [0, 0.1) is 51.8 Å². The van der Waals surface area contributed by atoms with Crippen LogP contribution in [0.1, 0.15) is 41.5 Å². The van der Waals surface area contributed by atoms with Crippen molar-refractivity contribution < 1.29 is 0 Å². The van der Waals surface area contributed by atoms with Gasteiger partial charge in [-0.3, -0.25) is 0 Å². The molecule has 4 aliphatic heterocycles. The number of rotatable bonds is 2. The first-order chi connectivity index (χ1) is 18.0. The quantitative estimate of drug-likeness (QED) is 0.319. The molecule has 0 amide bonds. The lowest BCUT2D eigenvalue weighted by Crippen LogP contribution is -2.35. The average molecular weight is 526 g/mol. The molecule has 38 heavy (non-hydrogen) atoms. The van der Waals surface area contributed by atoms with E-state index in [0.29, 0.717) is 16.2 Å². The van der Waals surface area contributed by atoms with Crippen LogP contribution in [0.3, 0.4) is 0 Å². The van der Waals surface area contributed by atoms with Crippen molar-refractivity contribution >= 4 is 32.9 Å². The van der Waals surface area contributed by atoms with Crippen LogP contribution in [0.25, 0.3) is 20.8 Å². The molecule has 6 atom stereocenters. The number of aromatic nitrogens is 1. The topological polar surface area (TPSA) is 22.4 Å². The predicted molar refractivity (Wildman–Crippen MR) is 158 cm³/mol. The Morgan fingerprint density at radius 2 is 1.26 bits per heavy atom. The Kier molecular flexibility index (Phi) is 4.03. The first-order valence-electron chi connectivity index (χ1n) is 15.0. The second kappa shape index (κ2) is 6.77. The maximum atomic E-state index is 5.36. The van der Waals surface area contributed by atoms with Crippen LogP contribution in [0.5, 0.6) is 0 Å². The van der Waals surface area contributed by atoms with E-state index in [1.807, 2.05) is 11.3 Å². The second-order valence-corrected chi connectivity index (χ2v) is 16.6. The van der Waals surface area contributed by atoms with E-state index in [2.05, 4.69) is 86.2 Å². The molecule has 5 heteroatoms. The third-order valence-corrected chi connectivity index (χ3v) is 14.0. The van der Waals surface area contributed by atoms with Crippen molar-refractivity contribution in [3.8, 4) is 10.6 Å². The van der Waals surface area contributed by atoms with Gasteiger partial charge in [0.1, 0.15) is 13.1 Å². The largest absolute Gasteiger partial charge is 0.371 e. The highest BCUT2D eigenvalue weighted by molar-refractivity contribution is 7.21. The molecule has 6 fully saturated rings. The van der Waals surface area contributed by atoms with Crippen LogP contribution < -0.4 is 19.7 Å². The maximum absolute atomic E-state index is 5.36. The fourth-order valence-electron chi connectivity index (χ4n) is 9.32. The lowest BCUT2D eigenvalue weighted by Gasteiger charge is -2.25. The molecule has 8 aliphatic rings. The first-order valence-corrected chi connectivity index (χ1v) is 15.8. The van der Waals surface area contributed by atoms with Gasteiger partial charge < -0.3 is 9.80 Å². The Labute approximate surface area is 230 Å². The molecule has 3 saturated heterocycles. The minimum absolute atomic E-state index is 0.524. The van der Waals surface area contributed by atoms with Gasteiger partial charge in [0.2, 0.25) is 5.36 Å². The van der Waals surface area contributed by atoms with Crippen LogP contribution in [-0.2, 0) is 0 Å². The number of anilines is 2. The Morgan fingerprint density at radius 1 is 0.711 bits per heavy atom. The fourth-order valence-corrected chi connectivity index (χ4v) is 10.4. The van der Waals surface area contributed by atoms with Gasteiger partial charge >= 0.3 is 0 Å². The summed E-state index contributed by atoms with van der Waals surface area (Å²) in [5, 5.41) is 1.38. The van der Waals surface area contributed by atoms with Gasteiger partial charge in [-0.2, -0.15) is 0 Å².